The molecule has 3 N–H and O–H groups in total. The Morgan fingerprint density at radius 3 is 2.10 bits per heavy atom. The van der Waals surface area contributed by atoms with Gasteiger partial charge in [-0.25, -0.2) is 0 Å². The minimum Gasteiger partial charge on any atom is -0.353 e. The zero-order chi connectivity index (χ0) is 14.3. The van der Waals surface area contributed by atoms with Crippen LogP contribution in [0, 0.1) is 35.5 Å². The molecule has 4 bridgehead atoms. The van der Waals surface area contributed by atoms with Gasteiger partial charge in [0.05, 0.1) is 5.92 Å². The van der Waals surface area contributed by atoms with Crippen molar-refractivity contribution in [3.63, 3.8) is 0 Å². The van der Waals surface area contributed by atoms with Crippen molar-refractivity contribution in [1.82, 2.24) is 5.32 Å². The second-order valence-electron chi connectivity index (χ2n) is 8.03. The Kier molecular flexibility index (Phi) is 4.07. The van der Waals surface area contributed by atoms with Crippen molar-refractivity contribution in [2.45, 2.75) is 58.4 Å². The SMILES string of the molecule is CC(C)CC(CN)C(=O)NC1C2CC3CC(C2)CC1C3. The van der Waals surface area contributed by atoms with Gasteiger partial charge in [0, 0.05) is 12.6 Å². The zero-order valence-electron chi connectivity index (χ0n) is 13.0. The van der Waals surface area contributed by atoms with Gasteiger partial charge in [-0.2, -0.15) is 0 Å². The molecule has 3 heteroatoms. The van der Waals surface area contributed by atoms with Crippen LogP contribution in [0.5, 0.6) is 0 Å². The molecule has 20 heavy (non-hydrogen) atoms. The maximum Gasteiger partial charge on any atom is 0.224 e. The quantitative estimate of drug-likeness (QED) is 0.812. The van der Waals surface area contributed by atoms with Gasteiger partial charge in [-0.1, -0.05) is 13.8 Å². The Balaban J connectivity index is 1.61. The van der Waals surface area contributed by atoms with E-state index in [1.54, 1.807) is 0 Å². The number of nitrogens with one attached hydrogen (secondary N) is 1. The number of carbonyl (C=O) groups excluding carboxylic acids is 1. The van der Waals surface area contributed by atoms with E-state index in [1.165, 1.54) is 32.1 Å². The maximum absolute atomic E-state index is 12.5. The number of amides is 1. The highest BCUT2D eigenvalue weighted by atomic mass is 16.2. The molecule has 0 aromatic heterocycles. The molecule has 4 rings (SSSR count). The summed E-state index contributed by atoms with van der Waals surface area (Å²) in [6, 6.07) is 0.455. The third-order valence-corrected chi connectivity index (χ3v) is 5.95. The summed E-state index contributed by atoms with van der Waals surface area (Å²) in [5.74, 6) is 4.21. The molecular formula is C17H30N2O. The average Bonchev–Trinajstić information content (AvgIpc) is 2.38. The molecule has 1 unspecified atom stereocenters. The summed E-state index contributed by atoms with van der Waals surface area (Å²) < 4.78 is 0. The van der Waals surface area contributed by atoms with Crippen molar-refractivity contribution < 1.29 is 4.79 Å². The molecule has 0 radical (unpaired) electrons. The van der Waals surface area contributed by atoms with E-state index < -0.39 is 0 Å². The number of nitrogens with two attached hydrogens (primary N) is 1. The van der Waals surface area contributed by atoms with E-state index in [1.807, 2.05) is 0 Å². The summed E-state index contributed by atoms with van der Waals surface area (Å²) in [6.07, 6.45) is 7.80. The van der Waals surface area contributed by atoms with Crippen LogP contribution in [0.3, 0.4) is 0 Å². The number of hydrogen-bond acceptors (Lipinski definition) is 2. The van der Waals surface area contributed by atoms with Crippen molar-refractivity contribution in [3.05, 3.63) is 0 Å². The topological polar surface area (TPSA) is 55.1 Å². The lowest BCUT2D eigenvalue weighted by atomic mass is 9.54. The molecule has 4 aliphatic rings. The van der Waals surface area contributed by atoms with E-state index in [4.69, 9.17) is 5.73 Å². The Hall–Kier alpha value is -0.570. The number of carbonyl (C=O) groups is 1. The normalized spacial score (nSPS) is 40.1. The van der Waals surface area contributed by atoms with Crippen molar-refractivity contribution in [1.29, 1.82) is 0 Å². The minimum absolute atomic E-state index is 0.00666. The Morgan fingerprint density at radius 1 is 1.10 bits per heavy atom. The van der Waals surface area contributed by atoms with Crippen molar-refractivity contribution in [2.75, 3.05) is 6.54 Å². The molecule has 0 heterocycles. The molecule has 4 aliphatic carbocycles. The largest absolute Gasteiger partial charge is 0.353 e. The van der Waals surface area contributed by atoms with Crippen molar-refractivity contribution in [2.24, 2.45) is 41.2 Å². The van der Waals surface area contributed by atoms with Gasteiger partial charge in [-0.15, -0.1) is 0 Å². The smallest absolute Gasteiger partial charge is 0.224 e. The van der Waals surface area contributed by atoms with E-state index in [2.05, 4.69) is 19.2 Å². The van der Waals surface area contributed by atoms with Crippen molar-refractivity contribution >= 4 is 5.91 Å². The minimum atomic E-state index is 0.00666. The standard InChI is InChI=1S/C17H30N2O/c1-10(2)3-15(9-18)17(20)19-16-13-5-11-4-12(7-13)8-14(16)6-11/h10-16H,3-9,18H2,1-2H3,(H,19,20). The fraction of sp³-hybridized carbons (Fsp3) is 0.941. The van der Waals surface area contributed by atoms with Gasteiger partial charge in [-0.05, 0) is 68.1 Å². The van der Waals surface area contributed by atoms with E-state index in [0.29, 0.717) is 18.5 Å². The summed E-state index contributed by atoms with van der Waals surface area (Å²) >= 11 is 0. The van der Waals surface area contributed by atoms with Crippen LogP contribution in [-0.2, 0) is 4.79 Å². The lowest BCUT2D eigenvalue weighted by molar-refractivity contribution is -0.129. The molecule has 4 fully saturated rings. The average molecular weight is 278 g/mol. The molecule has 0 aliphatic heterocycles. The Labute approximate surface area is 123 Å². The number of hydrogen-bond donors (Lipinski definition) is 2. The molecule has 114 valence electrons. The fourth-order valence-corrected chi connectivity index (χ4v) is 5.32. The predicted octanol–water partition coefficient (Wildman–Crippen LogP) is 2.55. The first-order valence-corrected chi connectivity index (χ1v) is 8.57. The molecule has 4 saturated carbocycles. The van der Waals surface area contributed by atoms with Crippen LogP contribution >= 0.6 is 0 Å². The first kappa shape index (κ1) is 14.4. The molecule has 3 nitrogen and oxygen atoms in total. The van der Waals surface area contributed by atoms with Crippen LogP contribution in [0.2, 0.25) is 0 Å². The fourth-order valence-electron chi connectivity index (χ4n) is 5.32. The molecular weight excluding hydrogens is 248 g/mol. The monoisotopic (exact) mass is 278 g/mol. The second kappa shape index (κ2) is 5.67. The third-order valence-electron chi connectivity index (χ3n) is 5.95. The van der Waals surface area contributed by atoms with Crippen LogP contribution < -0.4 is 11.1 Å². The predicted molar refractivity (Wildman–Crippen MR) is 81.0 cm³/mol. The highest BCUT2D eigenvalue weighted by Gasteiger charge is 2.48. The van der Waals surface area contributed by atoms with Crippen molar-refractivity contribution in [3.8, 4) is 0 Å². The summed E-state index contributed by atoms with van der Waals surface area (Å²) in [7, 11) is 0. The van der Waals surface area contributed by atoms with E-state index in [9.17, 15) is 4.79 Å². The van der Waals surface area contributed by atoms with Gasteiger partial charge in [0.15, 0.2) is 0 Å². The summed E-state index contributed by atoms with van der Waals surface area (Å²) in [5.41, 5.74) is 5.81. The first-order valence-electron chi connectivity index (χ1n) is 8.57. The first-order chi connectivity index (χ1) is 9.56. The van der Waals surface area contributed by atoms with E-state index in [0.717, 1.165) is 30.1 Å². The Bertz CT molecular complexity index is 338. The molecule has 0 spiro atoms. The number of rotatable bonds is 5. The molecule has 0 saturated heterocycles. The van der Waals surface area contributed by atoms with Gasteiger partial charge < -0.3 is 11.1 Å². The lowest BCUT2D eigenvalue weighted by Gasteiger charge is -2.54. The van der Waals surface area contributed by atoms with Gasteiger partial charge in [-0.3, -0.25) is 4.79 Å². The molecule has 0 aromatic carbocycles. The molecule has 0 aromatic rings. The lowest BCUT2D eigenvalue weighted by Crippen LogP contribution is -2.57. The van der Waals surface area contributed by atoms with Gasteiger partial charge >= 0.3 is 0 Å². The van der Waals surface area contributed by atoms with E-state index in [-0.39, 0.29) is 11.8 Å². The Morgan fingerprint density at radius 2 is 1.65 bits per heavy atom. The summed E-state index contributed by atoms with van der Waals surface area (Å²) in [5, 5.41) is 3.40. The van der Waals surface area contributed by atoms with Crippen LogP contribution in [0.15, 0.2) is 0 Å². The third kappa shape index (κ3) is 2.74. The van der Waals surface area contributed by atoms with Gasteiger partial charge in [0.2, 0.25) is 5.91 Å². The van der Waals surface area contributed by atoms with Gasteiger partial charge in [0.1, 0.15) is 0 Å². The second-order valence-corrected chi connectivity index (χ2v) is 8.03. The van der Waals surface area contributed by atoms with Crippen LogP contribution in [0.25, 0.3) is 0 Å². The van der Waals surface area contributed by atoms with Gasteiger partial charge in [0.25, 0.3) is 0 Å². The summed E-state index contributed by atoms with van der Waals surface area (Å²) in [4.78, 5) is 12.5. The highest BCUT2D eigenvalue weighted by molar-refractivity contribution is 5.79. The highest BCUT2D eigenvalue weighted by Crippen LogP contribution is 2.53. The zero-order valence-corrected chi connectivity index (χ0v) is 13.0. The summed E-state index contributed by atoms with van der Waals surface area (Å²) in [6.45, 7) is 4.81. The maximum atomic E-state index is 12.5. The molecule has 1 atom stereocenters. The van der Waals surface area contributed by atoms with E-state index >= 15 is 0 Å². The van der Waals surface area contributed by atoms with Crippen LogP contribution in [0.4, 0.5) is 0 Å². The van der Waals surface area contributed by atoms with Crippen LogP contribution in [-0.4, -0.2) is 18.5 Å². The molecule has 1 amide bonds. The van der Waals surface area contributed by atoms with Crippen LogP contribution in [0.1, 0.15) is 52.4 Å².